The molecule has 0 radical (unpaired) electrons. The lowest BCUT2D eigenvalue weighted by atomic mass is 9.49. The van der Waals surface area contributed by atoms with Crippen molar-refractivity contribution in [3.05, 3.63) is 12.2 Å². The Balaban J connectivity index is 1.39. The summed E-state index contributed by atoms with van der Waals surface area (Å²) in [4.78, 5) is 0. The van der Waals surface area contributed by atoms with Crippen LogP contribution in [0.25, 0.3) is 0 Å². The van der Waals surface area contributed by atoms with Crippen LogP contribution in [0.15, 0.2) is 12.2 Å². The van der Waals surface area contributed by atoms with E-state index in [1.54, 1.807) is 0 Å². The van der Waals surface area contributed by atoms with Crippen LogP contribution < -0.4 is 0 Å². The average Bonchev–Trinajstić information content (AvgIpc) is 3.44. The molecule has 25 heavy (non-hydrogen) atoms. The van der Waals surface area contributed by atoms with E-state index in [4.69, 9.17) is 0 Å². The lowest BCUT2D eigenvalue weighted by Gasteiger charge is -2.56. The van der Waals surface area contributed by atoms with Crippen molar-refractivity contribution in [2.45, 2.75) is 63.6 Å². The van der Waals surface area contributed by atoms with Crippen LogP contribution in [0.5, 0.6) is 0 Å². The monoisotopic (exact) mass is 340 g/mol. The molecule has 0 amide bonds. The smallest absolute Gasteiger partial charge is 0.0833 e. The molecule has 2 N–H and O–H groups in total. The molecule has 7 aliphatic rings. The van der Waals surface area contributed by atoms with E-state index < -0.39 is 12.2 Å². The van der Waals surface area contributed by atoms with E-state index in [1.165, 1.54) is 44.9 Å². The summed E-state index contributed by atoms with van der Waals surface area (Å²) in [6.45, 7) is 0. The number of hydrogen-bond acceptors (Lipinski definition) is 2. The Morgan fingerprint density at radius 3 is 2.32 bits per heavy atom. The van der Waals surface area contributed by atoms with Crippen molar-refractivity contribution in [3.8, 4) is 0 Å². The van der Waals surface area contributed by atoms with Crippen molar-refractivity contribution < 1.29 is 10.2 Å². The van der Waals surface area contributed by atoms with Gasteiger partial charge in [0, 0.05) is 0 Å². The zero-order valence-corrected chi connectivity index (χ0v) is 15.1. The Kier molecular flexibility index (Phi) is 2.67. The normalized spacial score (nSPS) is 66.6. The van der Waals surface area contributed by atoms with Crippen molar-refractivity contribution in [2.75, 3.05) is 0 Å². The van der Waals surface area contributed by atoms with Gasteiger partial charge in [-0.2, -0.15) is 0 Å². The lowest BCUT2D eigenvalue weighted by molar-refractivity contribution is -0.128. The Morgan fingerprint density at radius 2 is 1.48 bits per heavy atom. The van der Waals surface area contributed by atoms with Crippen molar-refractivity contribution in [3.63, 3.8) is 0 Å². The largest absolute Gasteiger partial charge is 0.390 e. The molecule has 136 valence electrons. The number of aliphatic hydroxyl groups excluding tert-OH is 2. The highest BCUT2D eigenvalue weighted by Crippen LogP contribution is 2.82. The molecule has 0 saturated heterocycles. The quantitative estimate of drug-likeness (QED) is 0.565. The molecule has 0 aromatic carbocycles. The van der Waals surface area contributed by atoms with Crippen molar-refractivity contribution >= 4 is 0 Å². The van der Waals surface area contributed by atoms with Gasteiger partial charge in [0.1, 0.15) is 0 Å². The maximum atomic E-state index is 10.8. The van der Waals surface area contributed by atoms with Gasteiger partial charge in [-0.05, 0) is 96.7 Å². The maximum Gasteiger partial charge on any atom is 0.0833 e. The zero-order chi connectivity index (χ0) is 16.5. The van der Waals surface area contributed by atoms with Crippen molar-refractivity contribution in [1.29, 1.82) is 0 Å². The van der Waals surface area contributed by atoms with Gasteiger partial charge in [0.2, 0.25) is 0 Å². The summed E-state index contributed by atoms with van der Waals surface area (Å²) in [6.07, 6.45) is 15.6. The zero-order valence-electron chi connectivity index (χ0n) is 15.1. The van der Waals surface area contributed by atoms with Crippen LogP contribution in [0.3, 0.4) is 0 Å². The molecule has 0 spiro atoms. The van der Waals surface area contributed by atoms with E-state index in [9.17, 15) is 10.2 Å². The summed E-state index contributed by atoms with van der Waals surface area (Å²) < 4.78 is 0. The SMILES string of the molecule is OC1C(O)C2CC1C1C3CC(C4CCCCC4)(C4C5C=CC(C5)C34)C21. The fourth-order valence-corrected chi connectivity index (χ4v) is 10.7. The molecule has 2 nitrogen and oxygen atoms in total. The van der Waals surface area contributed by atoms with Gasteiger partial charge in [-0.25, -0.2) is 0 Å². The van der Waals surface area contributed by atoms with Crippen LogP contribution in [0, 0.1) is 64.6 Å². The third-order valence-electron chi connectivity index (χ3n) is 10.8. The minimum absolute atomic E-state index is 0.415. The molecule has 0 aromatic heterocycles. The Bertz CT molecular complexity index is 636. The molecule has 2 heteroatoms. The van der Waals surface area contributed by atoms with E-state index in [2.05, 4.69) is 12.2 Å². The third-order valence-corrected chi connectivity index (χ3v) is 10.8. The van der Waals surface area contributed by atoms with Crippen molar-refractivity contribution in [2.24, 2.45) is 64.6 Å². The first kappa shape index (κ1) is 14.7. The summed E-state index contributed by atoms with van der Waals surface area (Å²) in [7, 11) is 0. The molecule has 12 atom stereocenters. The molecule has 0 aliphatic heterocycles. The highest BCUT2D eigenvalue weighted by atomic mass is 16.3. The Morgan fingerprint density at radius 1 is 0.720 bits per heavy atom. The number of aliphatic hydroxyl groups is 2. The summed E-state index contributed by atoms with van der Waals surface area (Å²) in [5, 5.41) is 21.5. The van der Waals surface area contributed by atoms with E-state index in [1.807, 2.05) is 0 Å². The summed E-state index contributed by atoms with van der Waals surface area (Å²) in [6, 6.07) is 0. The van der Waals surface area contributed by atoms with Gasteiger partial charge in [-0.15, -0.1) is 0 Å². The van der Waals surface area contributed by atoms with Gasteiger partial charge in [0.25, 0.3) is 0 Å². The summed E-state index contributed by atoms with van der Waals surface area (Å²) in [5.41, 5.74) is 0.533. The van der Waals surface area contributed by atoms with Crippen LogP contribution in [-0.4, -0.2) is 22.4 Å². The van der Waals surface area contributed by atoms with E-state index in [0.717, 1.165) is 53.8 Å². The van der Waals surface area contributed by atoms with E-state index >= 15 is 0 Å². The number of rotatable bonds is 1. The number of fused-ring (bicyclic) bond motifs is 16. The van der Waals surface area contributed by atoms with Gasteiger partial charge in [-0.3, -0.25) is 0 Å². The maximum absolute atomic E-state index is 10.8. The second-order valence-corrected chi connectivity index (χ2v) is 11.0. The van der Waals surface area contributed by atoms with Crippen LogP contribution in [0.4, 0.5) is 0 Å². The molecular weight excluding hydrogens is 308 g/mol. The molecule has 7 rings (SSSR count). The van der Waals surface area contributed by atoms with Gasteiger partial charge in [-0.1, -0.05) is 31.4 Å². The first-order valence-electron chi connectivity index (χ1n) is 11.3. The first-order chi connectivity index (χ1) is 12.2. The topological polar surface area (TPSA) is 40.5 Å². The second-order valence-electron chi connectivity index (χ2n) is 11.0. The Hall–Kier alpha value is -0.340. The highest BCUT2D eigenvalue weighted by Gasteiger charge is 2.79. The van der Waals surface area contributed by atoms with E-state index in [-0.39, 0.29) is 0 Å². The van der Waals surface area contributed by atoms with Gasteiger partial charge in [0.15, 0.2) is 0 Å². The van der Waals surface area contributed by atoms with Gasteiger partial charge >= 0.3 is 0 Å². The standard InChI is InChI=1S/C23H32O2/c24-21-14-9-15(22(21)25)20-18(14)16-10-23(20,13-4-2-1-3-5-13)19-12-7-6-11(8-12)17(16)19/h6-7,11-22,24-25H,1-5,8-10H2. The molecular formula is C23H32O2. The number of hydrogen-bond donors (Lipinski definition) is 2. The lowest BCUT2D eigenvalue weighted by Crippen LogP contribution is -2.55. The minimum atomic E-state index is -0.418. The Labute approximate surface area is 151 Å². The predicted octanol–water partition coefficient (Wildman–Crippen LogP) is 3.63. The molecule has 7 aliphatic carbocycles. The molecule has 6 bridgehead atoms. The fraction of sp³-hybridized carbons (Fsp3) is 0.913. The molecule has 0 heterocycles. The van der Waals surface area contributed by atoms with Crippen LogP contribution in [0.2, 0.25) is 0 Å². The third kappa shape index (κ3) is 1.44. The number of allylic oxidation sites excluding steroid dienone is 2. The van der Waals surface area contributed by atoms with Gasteiger partial charge < -0.3 is 10.2 Å². The second kappa shape index (κ2) is 4.55. The molecule has 0 aromatic rings. The summed E-state index contributed by atoms with van der Waals surface area (Å²) in [5.74, 6) is 7.70. The van der Waals surface area contributed by atoms with Crippen LogP contribution in [0.1, 0.15) is 51.4 Å². The van der Waals surface area contributed by atoms with Crippen LogP contribution >= 0.6 is 0 Å². The minimum Gasteiger partial charge on any atom is -0.390 e. The summed E-state index contributed by atoms with van der Waals surface area (Å²) >= 11 is 0. The molecule has 12 unspecified atom stereocenters. The van der Waals surface area contributed by atoms with Crippen molar-refractivity contribution in [1.82, 2.24) is 0 Å². The fourth-order valence-electron chi connectivity index (χ4n) is 10.7. The highest BCUT2D eigenvalue weighted by molar-refractivity contribution is 5.30. The van der Waals surface area contributed by atoms with Gasteiger partial charge in [0.05, 0.1) is 12.2 Å². The van der Waals surface area contributed by atoms with Crippen LogP contribution in [-0.2, 0) is 0 Å². The average molecular weight is 341 g/mol. The first-order valence-corrected chi connectivity index (χ1v) is 11.3. The predicted molar refractivity (Wildman–Crippen MR) is 95.4 cm³/mol. The molecule has 6 saturated carbocycles. The van der Waals surface area contributed by atoms with E-state index in [0.29, 0.717) is 17.3 Å². The molecule has 6 fully saturated rings.